The van der Waals surface area contributed by atoms with Gasteiger partial charge in [-0.05, 0) is 95.2 Å². The van der Waals surface area contributed by atoms with Crippen molar-refractivity contribution in [3.05, 3.63) is 35.9 Å². The van der Waals surface area contributed by atoms with Crippen molar-refractivity contribution >= 4 is 29.3 Å². The molecular formula is C26H37BO6. The van der Waals surface area contributed by atoms with Gasteiger partial charge in [0.15, 0.2) is 6.79 Å². The number of ether oxygens (including phenoxy) is 3. The van der Waals surface area contributed by atoms with Gasteiger partial charge in [0.05, 0.1) is 11.2 Å². The predicted molar refractivity (Wildman–Crippen MR) is 131 cm³/mol. The number of aryl methyl sites for hydroxylation is 1. The summed E-state index contributed by atoms with van der Waals surface area (Å²) < 4.78 is 29.1. The average molecular weight is 456 g/mol. The van der Waals surface area contributed by atoms with E-state index in [2.05, 4.69) is 12.1 Å². The van der Waals surface area contributed by atoms with Crippen LogP contribution >= 0.6 is 0 Å². The van der Waals surface area contributed by atoms with E-state index in [1.165, 1.54) is 0 Å². The molecule has 1 saturated heterocycles. The van der Waals surface area contributed by atoms with Gasteiger partial charge in [0, 0.05) is 13.5 Å². The highest BCUT2D eigenvalue weighted by molar-refractivity contribution is 6.65. The molecule has 0 atom stereocenters. The zero-order valence-corrected chi connectivity index (χ0v) is 21.2. The van der Waals surface area contributed by atoms with Crippen molar-refractivity contribution < 1.29 is 28.3 Å². The van der Waals surface area contributed by atoms with Gasteiger partial charge in [0.2, 0.25) is 0 Å². The van der Waals surface area contributed by atoms with E-state index in [-0.39, 0.29) is 12.8 Å². The number of rotatable bonds is 8. The molecule has 0 amide bonds. The fourth-order valence-corrected chi connectivity index (χ4v) is 3.90. The lowest BCUT2D eigenvalue weighted by atomic mass is 9.74. The van der Waals surface area contributed by atoms with E-state index in [0.29, 0.717) is 18.6 Å². The van der Waals surface area contributed by atoms with Crippen molar-refractivity contribution in [1.29, 1.82) is 0 Å². The summed E-state index contributed by atoms with van der Waals surface area (Å²) >= 11 is 0. The van der Waals surface area contributed by atoms with Gasteiger partial charge < -0.3 is 23.5 Å². The summed E-state index contributed by atoms with van der Waals surface area (Å²) in [5.41, 5.74) is 0.668. The van der Waals surface area contributed by atoms with Gasteiger partial charge in [-0.25, -0.2) is 0 Å². The maximum Gasteiger partial charge on any atom is 0.495 e. The first kappa shape index (κ1) is 25.5. The third-order valence-electron chi connectivity index (χ3n) is 6.16. The highest BCUT2D eigenvalue weighted by Crippen LogP contribution is 2.38. The molecule has 1 heterocycles. The Bertz CT molecular complexity index is 976. The normalized spacial score (nSPS) is 17.4. The number of methoxy groups -OCH3 is 1. The van der Waals surface area contributed by atoms with Gasteiger partial charge in [-0.2, -0.15) is 0 Å². The lowest BCUT2D eigenvalue weighted by Gasteiger charge is -2.32. The second-order valence-corrected chi connectivity index (χ2v) is 10.6. The van der Waals surface area contributed by atoms with Gasteiger partial charge >= 0.3 is 13.1 Å². The van der Waals surface area contributed by atoms with Crippen LogP contribution in [0, 0.1) is 0 Å². The minimum atomic E-state index is -0.532. The maximum absolute atomic E-state index is 12.2. The lowest BCUT2D eigenvalue weighted by molar-refractivity contribution is -0.154. The number of esters is 1. The Morgan fingerprint density at radius 2 is 1.73 bits per heavy atom. The Kier molecular flexibility index (Phi) is 7.47. The number of hydrogen-bond donors (Lipinski definition) is 0. The van der Waals surface area contributed by atoms with Gasteiger partial charge in [-0.15, -0.1) is 0 Å². The number of carbonyl (C=O) groups is 1. The minimum absolute atomic E-state index is 0.157. The predicted octanol–water partition coefficient (Wildman–Crippen LogP) is 4.79. The molecule has 0 bridgehead atoms. The highest BCUT2D eigenvalue weighted by Gasteiger charge is 2.52. The van der Waals surface area contributed by atoms with Crippen molar-refractivity contribution in [1.82, 2.24) is 0 Å². The second-order valence-electron chi connectivity index (χ2n) is 10.6. The SMILES string of the molecule is COCOc1cc(B2OC(C)(C)C(C)(C)O2)c2c(CCCC(=O)OC(C)(C)C)cccc2c1. The average Bonchev–Trinajstić information content (AvgIpc) is 2.91. The van der Waals surface area contributed by atoms with Crippen molar-refractivity contribution in [2.45, 2.75) is 84.5 Å². The van der Waals surface area contributed by atoms with Gasteiger partial charge in [-0.1, -0.05) is 18.2 Å². The van der Waals surface area contributed by atoms with Crippen LogP contribution in [0.2, 0.25) is 0 Å². The molecule has 0 aromatic heterocycles. The zero-order chi connectivity index (χ0) is 24.4. The quantitative estimate of drug-likeness (QED) is 0.324. The van der Waals surface area contributed by atoms with E-state index in [1.54, 1.807) is 7.11 Å². The van der Waals surface area contributed by atoms with Crippen LogP contribution in [0.15, 0.2) is 30.3 Å². The summed E-state index contributed by atoms with van der Waals surface area (Å²) in [5.74, 6) is 0.518. The van der Waals surface area contributed by atoms with Crippen molar-refractivity contribution in [2.24, 2.45) is 0 Å². The Balaban J connectivity index is 1.94. The van der Waals surface area contributed by atoms with Gasteiger partial charge in [0.25, 0.3) is 0 Å². The smallest absolute Gasteiger partial charge is 0.468 e. The monoisotopic (exact) mass is 456 g/mol. The van der Waals surface area contributed by atoms with E-state index in [0.717, 1.165) is 28.2 Å². The first-order valence-electron chi connectivity index (χ1n) is 11.6. The van der Waals surface area contributed by atoms with E-state index >= 15 is 0 Å². The van der Waals surface area contributed by atoms with E-state index in [9.17, 15) is 4.79 Å². The van der Waals surface area contributed by atoms with E-state index in [1.807, 2.05) is 66.7 Å². The van der Waals surface area contributed by atoms with Crippen LogP contribution in [0.1, 0.15) is 66.9 Å². The summed E-state index contributed by atoms with van der Waals surface area (Å²) in [4.78, 5) is 12.2. The van der Waals surface area contributed by atoms with Crippen LogP contribution in [0.5, 0.6) is 5.75 Å². The molecule has 6 nitrogen and oxygen atoms in total. The van der Waals surface area contributed by atoms with Crippen molar-refractivity contribution in [2.75, 3.05) is 13.9 Å². The van der Waals surface area contributed by atoms with Crippen molar-refractivity contribution in [3.63, 3.8) is 0 Å². The summed E-state index contributed by atoms with van der Waals surface area (Å²) in [7, 11) is 1.06. The largest absolute Gasteiger partial charge is 0.495 e. The Morgan fingerprint density at radius 1 is 1.06 bits per heavy atom. The summed E-state index contributed by atoms with van der Waals surface area (Å²) in [5, 5.41) is 2.10. The Morgan fingerprint density at radius 3 is 2.33 bits per heavy atom. The van der Waals surface area contributed by atoms with Gasteiger partial charge in [-0.3, -0.25) is 4.79 Å². The van der Waals surface area contributed by atoms with Crippen LogP contribution in [0.4, 0.5) is 0 Å². The van der Waals surface area contributed by atoms with Crippen LogP contribution in [0.3, 0.4) is 0 Å². The van der Waals surface area contributed by atoms with E-state index in [4.69, 9.17) is 23.5 Å². The molecule has 1 aliphatic heterocycles. The first-order chi connectivity index (χ1) is 15.3. The van der Waals surface area contributed by atoms with Crippen LogP contribution in [0.25, 0.3) is 10.8 Å². The molecule has 0 N–H and O–H groups in total. The fourth-order valence-electron chi connectivity index (χ4n) is 3.90. The fraction of sp³-hybridized carbons (Fsp3) is 0.577. The summed E-state index contributed by atoms with van der Waals surface area (Å²) in [6.07, 6.45) is 1.80. The maximum atomic E-state index is 12.2. The first-order valence-corrected chi connectivity index (χ1v) is 11.6. The molecule has 180 valence electrons. The molecule has 7 heteroatoms. The number of benzene rings is 2. The molecule has 0 spiro atoms. The molecule has 2 aromatic rings. The molecule has 0 unspecified atom stereocenters. The molecular weight excluding hydrogens is 419 g/mol. The Hall–Kier alpha value is -2.09. The lowest BCUT2D eigenvalue weighted by Crippen LogP contribution is -2.41. The minimum Gasteiger partial charge on any atom is -0.468 e. The zero-order valence-electron chi connectivity index (χ0n) is 21.2. The Labute approximate surface area is 198 Å². The van der Waals surface area contributed by atoms with Gasteiger partial charge in [0.1, 0.15) is 11.4 Å². The van der Waals surface area contributed by atoms with Crippen LogP contribution in [-0.2, 0) is 30.0 Å². The third kappa shape index (κ3) is 6.08. The molecule has 0 radical (unpaired) electrons. The molecule has 0 aliphatic carbocycles. The third-order valence-corrected chi connectivity index (χ3v) is 6.16. The van der Waals surface area contributed by atoms with Crippen LogP contribution < -0.4 is 10.2 Å². The molecule has 1 aliphatic rings. The van der Waals surface area contributed by atoms with E-state index < -0.39 is 23.9 Å². The molecule has 1 fully saturated rings. The number of fused-ring (bicyclic) bond motifs is 1. The summed E-state index contributed by atoms with van der Waals surface area (Å²) in [6, 6.07) is 10.2. The molecule has 3 rings (SSSR count). The summed E-state index contributed by atoms with van der Waals surface area (Å²) in [6.45, 7) is 14.0. The highest BCUT2D eigenvalue weighted by atomic mass is 16.7. The topological polar surface area (TPSA) is 63.2 Å². The van der Waals surface area contributed by atoms with Crippen LogP contribution in [-0.4, -0.2) is 43.8 Å². The number of hydrogen-bond acceptors (Lipinski definition) is 6. The molecule has 2 aromatic carbocycles. The number of carbonyl (C=O) groups excluding carboxylic acids is 1. The molecule has 0 saturated carbocycles. The standard InChI is InChI=1S/C26H37BO6/c1-24(2,3)31-22(28)14-10-12-18-11-9-13-19-15-20(30-17-29-8)16-21(23(18)19)27-32-25(4,5)26(6,7)33-27/h9,11,13,15-16H,10,12,14,17H2,1-8H3. The van der Waals surface area contributed by atoms with Crippen molar-refractivity contribution in [3.8, 4) is 5.75 Å². The second kappa shape index (κ2) is 9.65. The molecule has 33 heavy (non-hydrogen) atoms.